The van der Waals surface area contributed by atoms with E-state index in [0.29, 0.717) is 6.54 Å². The van der Waals surface area contributed by atoms with Gasteiger partial charge in [0, 0.05) is 18.3 Å². The number of aromatic nitrogens is 2. The normalized spacial score (nSPS) is 10.5. The molecule has 0 aliphatic carbocycles. The predicted molar refractivity (Wildman–Crippen MR) is 82.3 cm³/mol. The van der Waals surface area contributed by atoms with E-state index in [1.165, 1.54) is 6.07 Å². The maximum Gasteiger partial charge on any atom is 0.264 e. The molecule has 0 bridgehead atoms. The van der Waals surface area contributed by atoms with Gasteiger partial charge in [-0.2, -0.15) is 0 Å². The lowest BCUT2D eigenvalue weighted by Crippen LogP contribution is -1.98. The van der Waals surface area contributed by atoms with Crippen molar-refractivity contribution < 1.29 is 5.11 Å². The number of phenolic OH excluding ortho intramolecular Hbond substituents is 1. The molecule has 5 nitrogen and oxygen atoms in total. The molecule has 0 spiro atoms. The molecule has 0 amide bonds. The number of rotatable bonds is 4. The fourth-order valence-electron chi connectivity index (χ4n) is 2.07. The molecule has 0 saturated heterocycles. The summed E-state index contributed by atoms with van der Waals surface area (Å²) in [6.45, 7) is 0.681. The van der Waals surface area contributed by atoms with Crippen LogP contribution in [0, 0.1) is 0 Å². The van der Waals surface area contributed by atoms with Crippen LogP contribution in [0.15, 0.2) is 59.4 Å². The smallest absolute Gasteiger partial charge is 0.264 e. The summed E-state index contributed by atoms with van der Waals surface area (Å²) in [6.07, 6.45) is 0. The van der Waals surface area contributed by atoms with Crippen LogP contribution in [-0.4, -0.2) is 15.3 Å². The minimum absolute atomic E-state index is 0.139. The van der Waals surface area contributed by atoms with Gasteiger partial charge in [-0.15, -0.1) is 0 Å². The highest BCUT2D eigenvalue weighted by Gasteiger charge is 2.01. The van der Waals surface area contributed by atoms with E-state index in [1.807, 2.05) is 36.4 Å². The van der Waals surface area contributed by atoms with E-state index < -0.39 is 0 Å². The molecule has 0 saturated carbocycles. The molecule has 1 aromatic heterocycles. The maximum absolute atomic E-state index is 11.1. The van der Waals surface area contributed by atoms with Crippen molar-refractivity contribution in [2.75, 3.05) is 5.32 Å². The SMILES string of the molecule is O=c1cc(-c2ccc(NCc3ccc(O)cc3)cc2)[nH][nH]1. The second-order valence-corrected chi connectivity index (χ2v) is 4.77. The van der Waals surface area contributed by atoms with Crippen LogP contribution in [0.4, 0.5) is 5.69 Å². The summed E-state index contributed by atoms with van der Waals surface area (Å²) in [5.41, 5.74) is 3.66. The average molecular weight is 281 g/mol. The number of phenols is 1. The Morgan fingerprint density at radius 2 is 1.67 bits per heavy atom. The van der Waals surface area contributed by atoms with E-state index in [2.05, 4.69) is 15.5 Å². The van der Waals surface area contributed by atoms with Crippen LogP contribution in [0.5, 0.6) is 5.75 Å². The van der Waals surface area contributed by atoms with Crippen molar-refractivity contribution in [2.45, 2.75) is 6.54 Å². The zero-order valence-corrected chi connectivity index (χ0v) is 11.3. The third kappa shape index (κ3) is 3.14. The topological polar surface area (TPSA) is 80.9 Å². The van der Waals surface area contributed by atoms with Crippen LogP contribution in [0.2, 0.25) is 0 Å². The Kier molecular flexibility index (Phi) is 3.47. The first-order chi connectivity index (χ1) is 10.2. The number of hydrogen-bond acceptors (Lipinski definition) is 3. The monoisotopic (exact) mass is 281 g/mol. The minimum Gasteiger partial charge on any atom is -0.508 e. The molecule has 21 heavy (non-hydrogen) atoms. The molecule has 2 aromatic carbocycles. The molecule has 1 heterocycles. The Labute approximate surface area is 121 Å². The van der Waals surface area contributed by atoms with E-state index in [-0.39, 0.29) is 11.3 Å². The van der Waals surface area contributed by atoms with Gasteiger partial charge in [0.2, 0.25) is 0 Å². The van der Waals surface area contributed by atoms with E-state index >= 15 is 0 Å². The standard InChI is InChI=1S/C16H15N3O2/c20-14-7-1-11(2-8-14)10-17-13-5-3-12(4-6-13)15-9-16(21)19-18-15/h1-9,17,20H,10H2,(H2,18,19,21). The number of aromatic hydroxyl groups is 1. The van der Waals surface area contributed by atoms with Gasteiger partial charge in [-0.05, 0) is 35.4 Å². The number of hydrogen-bond donors (Lipinski definition) is 4. The van der Waals surface area contributed by atoms with Gasteiger partial charge in [-0.1, -0.05) is 24.3 Å². The Hall–Kier alpha value is -2.95. The molecular weight excluding hydrogens is 266 g/mol. The summed E-state index contributed by atoms with van der Waals surface area (Å²) in [5.74, 6) is 0.267. The van der Waals surface area contributed by atoms with Gasteiger partial charge in [0.25, 0.3) is 5.56 Å². The second-order valence-electron chi connectivity index (χ2n) is 4.77. The first-order valence-electron chi connectivity index (χ1n) is 6.60. The van der Waals surface area contributed by atoms with Gasteiger partial charge in [0.15, 0.2) is 0 Å². The number of nitrogens with one attached hydrogen (secondary N) is 3. The largest absolute Gasteiger partial charge is 0.508 e. The Morgan fingerprint density at radius 1 is 0.952 bits per heavy atom. The molecule has 0 fully saturated rings. The van der Waals surface area contributed by atoms with Crippen LogP contribution in [-0.2, 0) is 6.54 Å². The van der Waals surface area contributed by atoms with Gasteiger partial charge < -0.3 is 10.4 Å². The fourth-order valence-corrected chi connectivity index (χ4v) is 2.07. The Balaban J connectivity index is 1.67. The molecule has 0 aliphatic heterocycles. The number of H-pyrrole nitrogens is 2. The van der Waals surface area contributed by atoms with Gasteiger partial charge in [-0.3, -0.25) is 15.0 Å². The molecule has 3 rings (SSSR count). The molecule has 0 radical (unpaired) electrons. The summed E-state index contributed by atoms with van der Waals surface area (Å²) < 4.78 is 0. The minimum atomic E-state index is -0.139. The molecular formula is C16H15N3O2. The number of benzene rings is 2. The summed E-state index contributed by atoms with van der Waals surface area (Å²) in [4.78, 5) is 11.1. The average Bonchev–Trinajstić information content (AvgIpc) is 2.94. The Morgan fingerprint density at radius 3 is 2.29 bits per heavy atom. The van der Waals surface area contributed by atoms with E-state index in [4.69, 9.17) is 0 Å². The predicted octanol–water partition coefficient (Wildman–Crippen LogP) is 2.69. The maximum atomic E-state index is 11.1. The van der Waals surface area contributed by atoms with Gasteiger partial charge in [0.05, 0.1) is 5.69 Å². The van der Waals surface area contributed by atoms with E-state index in [0.717, 1.165) is 22.5 Å². The summed E-state index contributed by atoms with van der Waals surface area (Å²) in [6, 6.07) is 16.4. The van der Waals surface area contributed by atoms with Crippen LogP contribution < -0.4 is 10.9 Å². The highest BCUT2D eigenvalue weighted by Crippen LogP contribution is 2.19. The van der Waals surface area contributed by atoms with Crippen molar-refractivity contribution in [3.8, 4) is 17.0 Å². The third-order valence-corrected chi connectivity index (χ3v) is 3.22. The highest BCUT2D eigenvalue weighted by atomic mass is 16.3. The molecule has 0 unspecified atom stereocenters. The molecule has 5 heteroatoms. The van der Waals surface area contributed by atoms with E-state index in [1.54, 1.807) is 12.1 Å². The highest BCUT2D eigenvalue weighted by molar-refractivity contribution is 5.62. The molecule has 0 aliphatic rings. The third-order valence-electron chi connectivity index (χ3n) is 3.22. The zero-order valence-electron chi connectivity index (χ0n) is 11.3. The van der Waals surface area contributed by atoms with Gasteiger partial charge >= 0.3 is 0 Å². The van der Waals surface area contributed by atoms with E-state index in [9.17, 15) is 9.90 Å². The first-order valence-corrected chi connectivity index (χ1v) is 6.60. The van der Waals surface area contributed by atoms with Crippen LogP contribution in [0.3, 0.4) is 0 Å². The van der Waals surface area contributed by atoms with Crippen molar-refractivity contribution in [1.82, 2.24) is 10.2 Å². The van der Waals surface area contributed by atoms with Crippen LogP contribution in [0.25, 0.3) is 11.3 Å². The fraction of sp³-hybridized carbons (Fsp3) is 0.0625. The number of anilines is 1. The summed E-state index contributed by atoms with van der Waals surface area (Å²) in [5, 5.41) is 17.9. The first kappa shape index (κ1) is 13.1. The van der Waals surface area contributed by atoms with Gasteiger partial charge in [-0.25, -0.2) is 0 Å². The molecule has 0 atom stereocenters. The van der Waals surface area contributed by atoms with Gasteiger partial charge in [0.1, 0.15) is 5.75 Å². The summed E-state index contributed by atoms with van der Waals surface area (Å²) in [7, 11) is 0. The lowest BCUT2D eigenvalue weighted by atomic mass is 10.1. The Bertz CT molecular complexity index is 770. The lowest BCUT2D eigenvalue weighted by Gasteiger charge is -2.07. The van der Waals surface area contributed by atoms with Crippen molar-refractivity contribution in [1.29, 1.82) is 0 Å². The quantitative estimate of drug-likeness (QED) is 0.593. The van der Waals surface area contributed by atoms with Crippen molar-refractivity contribution in [3.63, 3.8) is 0 Å². The van der Waals surface area contributed by atoms with Crippen molar-refractivity contribution >= 4 is 5.69 Å². The van der Waals surface area contributed by atoms with Crippen molar-refractivity contribution in [2.24, 2.45) is 0 Å². The molecule has 4 N–H and O–H groups in total. The zero-order chi connectivity index (χ0) is 14.7. The lowest BCUT2D eigenvalue weighted by molar-refractivity contribution is 0.475. The molecule has 106 valence electrons. The summed E-state index contributed by atoms with van der Waals surface area (Å²) >= 11 is 0. The van der Waals surface area contributed by atoms with Crippen molar-refractivity contribution in [3.05, 3.63) is 70.5 Å². The van der Waals surface area contributed by atoms with Crippen LogP contribution in [0.1, 0.15) is 5.56 Å². The molecule has 3 aromatic rings. The number of aromatic amines is 2. The van der Waals surface area contributed by atoms with Crippen LogP contribution >= 0.6 is 0 Å². The second kappa shape index (κ2) is 5.58.